The lowest BCUT2D eigenvalue weighted by Crippen LogP contribution is -2.29. The number of nitrogens with zero attached hydrogens (tertiary/aromatic N) is 2. The van der Waals surface area contributed by atoms with Gasteiger partial charge in [0, 0.05) is 17.2 Å². The summed E-state index contributed by atoms with van der Waals surface area (Å²) in [4.78, 5) is 11.4. The van der Waals surface area contributed by atoms with E-state index in [-0.39, 0.29) is 23.3 Å². The van der Waals surface area contributed by atoms with Crippen LogP contribution in [0.1, 0.15) is 45.1 Å². The van der Waals surface area contributed by atoms with E-state index in [2.05, 4.69) is 0 Å². The molecule has 5 rings (SSSR count). The minimum atomic E-state index is -0.929. The number of nitrogens with two attached hydrogens (primary N) is 1. The van der Waals surface area contributed by atoms with Crippen molar-refractivity contribution in [3.05, 3.63) is 94.3 Å². The fraction of sp³-hybridized carbons (Fsp3) is 0.200. The molecule has 6 heteroatoms. The predicted octanol–water partition coefficient (Wildman–Crippen LogP) is 4.94. The lowest BCUT2D eigenvalue weighted by molar-refractivity contribution is 0.0696. The molecule has 0 amide bonds. The third-order valence-corrected chi connectivity index (χ3v) is 6.29. The van der Waals surface area contributed by atoms with Crippen LogP contribution in [0.2, 0.25) is 0 Å². The van der Waals surface area contributed by atoms with Gasteiger partial charge in [-0.2, -0.15) is 5.10 Å². The zero-order valence-corrected chi connectivity index (χ0v) is 17.0. The maximum absolute atomic E-state index is 13.6. The second-order valence-corrected chi connectivity index (χ2v) is 8.19. The van der Waals surface area contributed by atoms with Crippen LogP contribution in [0.25, 0.3) is 0 Å². The van der Waals surface area contributed by atoms with Crippen molar-refractivity contribution in [2.24, 2.45) is 11.0 Å². The van der Waals surface area contributed by atoms with Gasteiger partial charge in [0.25, 0.3) is 0 Å². The average molecular weight is 415 g/mol. The quantitative estimate of drug-likeness (QED) is 0.594. The number of aromatic carboxylic acids is 1. The number of halogens is 1. The Morgan fingerprint density at radius 3 is 2.61 bits per heavy atom. The number of rotatable bonds is 3. The zero-order chi connectivity index (χ0) is 21.7. The Kier molecular flexibility index (Phi) is 4.50. The van der Waals surface area contributed by atoms with Gasteiger partial charge in [-0.1, -0.05) is 18.2 Å². The molecular weight excluding hydrogens is 393 g/mol. The van der Waals surface area contributed by atoms with E-state index in [0.717, 1.165) is 52.2 Å². The van der Waals surface area contributed by atoms with E-state index < -0.39 is 5.97 Å². The van der Waals surface area contributed by atoms with Crippen molar-refractivity contribution >= 4 is 23.1 Å². The number of hydrogen-bond donors (Lipinski definition) is 2. The number of carboxylic acids is 1. The molecule has 0 fully saturated rings. The van der Waals surface area contributed by atoms with Crippen LogP contribution in [0.5, 0.6) is 0 Å². The zero-order valence-electron chi connectivity index (χ0n) is 17.0. The summed E-state index contributed by atoms with van der Waals surface area (Å²) in [5, 5.41) is 16.4. The predicted molar refractivity (Wildman–Crippen MR) is 119 cm³/mol. The monoisotopic (exact) mass is 415 g/mol. The Balaban J connectivity index is 1.64. The molecule has 3 aromatic rings. The standard InChI is InChI=1S/C25H22FN3O2/c1-14-12-19(8-11-22(14)27)29-24(15-2-6-18(26)7-3-15)21-10-4-16-13-17(25(30)31)5-9-20(16)23(21)28-29/h2-3,5-9,11-13,21,24H,4,10,27H2,1H3,(H,30,31)/t21-,24-/m1/s1. The number of benzene rings is 3. The molecule has 1 aliphatic carbocycles. The molecule has 31 heavy (non-hydrogen) atoms. The molecule has 2 aliphatic rings. The molecule has 0 unspecified atom stereocenters. The summed E-state index contributed by atoms with van der Waals surface area (Å²) in [6.07, 6.45) is 1.61. The minimum Gasteiger partial charge on any atom is -0.478 e. The van der Waals surface area contributed by atoms with Gasteiger partial charge in [0.1, 0.15) is 5.82 Å². The summed E-state index contributed by atoms with van der Waals surface area (Å²) >= 11 is 0. The molecule has 5 nitrogen and oxygen atoms in total. The lowest BCUT2D eigenvalue weighted by Gasteiger charge is -2.31. The van der Waals surface area contributed by atoms with Gasteiger partial charge in [0.05, 0.1) is 23.0 Å². The molecule has 156 valence electrons. The van der Waals surface area contributed by atoms with Crippen LogP contribution in [-0.2, 0) is 6.42 Å². The van der Waals surface area contributed by atoms with Crippen molar-refractivity contribution in [3.63, 3.8) is 0 Å². The highest BCUT2D eigenvalue weighted by Crippen LogP contribution is 2.45. The van der Waals surface area contributed by atoms with Gasteiger partial charge in [-0.05, 0) is 78.9 Å². The molecule has 2 atom stereocenters. The summed E-state index contributed by atoms with van der Waals surface area (Å²) in [5.41, 5.74) is 12.9. The van der Waals surface area contributed by atoms with E-state index in [9.17, 15) is 14.3 Å². The van der Waals surface area contributed by atoms with E-state index in [1.807, 2.05) is 48.3 Å². The van der Waals surface area contributed by atoms with Gasteiger partial charge < -0.3 is 10.8 Å². The SMILES string of the molecule is Cc1cc(N2N=C3c4ccc(C(=O)O)cc4CC[C@H]3[C@H]2c2ccc(F)cc2)ccc1N. The molecule has 0 aromatic heterocycles. The van der Waals surface area contributed by atoms with Crippen molar-refractivity contribution in [2.75, 3.05) is 10.7 Å². The van der Waals surface area contributed by atoms with Gasteiger partial charge in [-0.25, -0.2) is 9.18 Å². The van der Waals surface area contributed by atoms with E-state index in [1.165, 1.54) is 12.1 Å². The molecule has 1 aliphatic heterocycles. The van der Waals surface area contributed by atoms with Gasteiger partial charge in [-0.3, -0.25) is 5.01 Å². The van der Waals surface area contributed by atoms with Gasteiger partial charge in [0.2, 0.25) is 0 Å². The Labute approximate surface area is 179 Å². The Hall–Kier alpha value is -3.67. The number of hydrogen-bond acceptors (Lipinski definition) is 4. The Morgan fingerprint density at radius 2 is 1.90 bits per heavy atom. The first-order chi connectivity index (χ1) is 14.9. The highest BCUT2D eigenvalue weighted by Gasteiger charge is 2.42. The first kappa shape index (κ1) is 19.3. The van der Waals surface area contributed by atoms with Crippen LogP contribution >= 0.6 is 0 Å². The van der Waals surface area contributed by atoms with Gasteiger partial charge in [-0.15, -0.1) is 0 Å². The highest BCUT2D eigenvalue weighted by atomic mass is 19.1. The molecule has 3 N–H and O–H groups in total. The fourth-order valence-corrected chi connectivity index (χ4v) is 4.67. The Morgan fingerprint density at radius 1 is 1.13 bits per heavy atom. The molecule has 0 spiro atoms. The molecular formula is C25H22FN3O2. The highest BCUT2D eigenvalue weighted by molar-refractivity contribution is 6.07. The average Bonchev–Trinajstić information content (AvgIpc) is 3.15. The van der Waals surface area contributed by atoms with Gasteiger partial charge in [0.15, 0.2) is 0 Å². The molecule has 3 aromatic carbocycles. The summed E-state index contributed by atoms with van der Waals surface area (Å²) in [6.45, 7) is 1.96. The van der Waals surface area contributed by atoms with Crippen LogP contribution in [0.4, 0.5) is 15.8 Å². The van der Waals surface area contributed by atoms with E-state index in [0.29, 0.717) is 0 Å². The molecule has 1 heterocycles. The van der Waals surface area contributed by atoms with Crippen molar-refractivity contribution in [3.8, 4) is 0 Å². The van der Waals surface area contributed by atoms with Crippen LogP contribution in [-0.4, -0.2) is 16.8 Å². The maximum Gasteiger partial charge on any atom is 0.335 e. The van der Waals surface area contributed by atoms with Crippen molar-refractivity contribution in [2.45, 2.75) is 25.8 Å². The molecule has 0 bridgehead atoms. The van der Waals surface area contributed by atoms with Crippen LogP contribution in [0, 0.1) is 18.7 Å². The summed E-state index contributed by atoms with van der Waals surface area (Å²) in [6, 6.07) is 17.6. The van der Waals surface area contributed by atoms with Crippen molar-refractivity contribution in [1.82, 2.24) is 0 Å². The third-order valence-electron chi connectivity index (χ3n) is 6.29. The largest absolute Gasteiger partial charge is 0.478 e. The van der Waals surface area contributed by atoms with Crippen LogP contribution in [0.15, 0.2) is 65.8 Å². The summed E-state index contributed by atoms with van der Waals surface area (Å²) in [7, 11) is 0. The topological polar surface area (TPSA) is 78.9 Å². The van der Waals surface area contributed by atoms with Crippen molar-refractivity contribution < 1.29 is 14.3 Å². The van der Waals surface area contributed by atoms with E-state index in [4.69, 9.17) is 10.8 Å². The number of fused-ring (bicyclic) bond motifs is 3. The lowest BCUT2D eigenvalue weighted by atomic mass is 9.77. The molecule has 0 saturated carbocycles. The fourth-order valence-electron chi connectivity index (χ4n) is 4.67. The van der Waals surface area contributed by atoms with Crippen LogP contribution in [0.3, 0.4) is 0 Å². The number of hydrazone groups is 1. The van der Waals surface area contributed by atoms with Gasteiger partial charge >= 0.3 is 5.97 Å². The number of nitrogen functional groups attached to an aromatic ring is 1. The van der Waals surface area contributed by atoms with Crippen molar-refractivity contribution in [1.29, 1.82) is 0 Å². The second-order valence-electron chi connectivity index (χ2n) is 8.19. The molecule has 0 saturated heterocycles. The van der Waals surface area contributed by atoms with E-state index in [1.54, 1.807) is 12.1 Å². The van der Waals surface area contributed by atoms with Crippen LogP contribution < -0.4 is 10.7 Å². The second kappa shape index (κ2) is 7.23. The normalized spacial score (nSPS) is 19.5. The first-order valence-corrected chi connectivity index (χ1v) is 10.3. The summed E-state index contributed by atoms with van der Waals surface area (Å²) < 4.78 is 13.6. The first-order valence-electron chi connectivity index (χ1n) is 10.3. The maximum atomic E-state index is 13.6. The smallest absolute Gasteiger partial charge is 0.335 e. The third kappa shape index (κ3) is 3.24. The Bertz CT molecular complexity index is 1220. The number of anilines is 2. The number of aryl methyl sites for hydroxylation is 2. The summed E-state index contributed by atoms with van der Waals surface area (Å²) in [5.74, 6) is -1.08. The van der Waals surface area contributed by atoms with E-state index >= 15 is 0 Å². The minimum absolute atomic E-state index is 0.0778. The number of carboxylic acid groups (broad SMARTS) is 1. The molecule has 0 radical (unpaired) electrons. The number of carbonyl (C=O) groups is 1.